The van der Waals surface area contributed by atoms with E-state index in [2.05, 4.69) is 82.6 Å². The standard InChI is InChI=1S/C24H36O2Si2/c1-24-15-14-20-19-11-9-18(25-27(2,3)4)16-17(19)8-10-21(20)22(24)12-13-23(24)26-28(5,6)7/h9,11,13-16,20-22H,8,10,12H2,1-7H3/t20?,21?,22?,24-/m0/s1. The van der Waals surface area contributed by atoms with Gasteiger partial charge < -0.3 is 8.85 Å². The van der Waals surface area contributed by atoms with Gasteiger partial charge in [-0.05, 0) is 107 Å². The summed E-state index contributed by atoms with van der Waals surface area (Å²) in [5.41, 5.74) is 3.10. The molecule has 0 aliphatic heterocycles. The van der Waals surface area contributed by atoms with Gasteiger partial charge in [0.15, 0.2) is 0 Å². The predicted octanol–water partition coefficient (Wildman–Crippen LogP) is 6.88. The number of aryl methyl sites for hydroxylation is 1. The van der Waals surface area contributed by atoms with Gasteiger partial charge in [0.2, 0.25) is 16.6 Å². The Morgan fingerprint density at radius 1 is 1.00 bits per heavy atom. The lowest BCUT2D eigenvalue weighted by Crippen LogP contribution is -2.40. The van der Waals surface area contributed by atoms with Crippen LogP contribution in [0.5, 0.6) is 5.75 Å². The molecule has 3 aliphatic carbocycles. The highest BCUT2D eigenvalue weighted by molar-refractivity contribution is 6.70. The van der Waals surface area contributed by atoms with Crippen molar-refractivity contribution in [1.82, 2.24) is 0 Å². The van der Waals surface area contributed by atoms with Crippen LogP contribution in [-0.4, -0.2) is 16.6 Å². The van der Waals surface area contributed by atoms with Gasteiger partial charge in [-0.2, -0.15) is 0 Å². The van der Waals surface area contributed by atoms with E-state index in [0.29, 0.717) is 17.8 Å². The van der Waals surface area contributed by atoms with Crippen LogP contribution in [0.3, 0.4) is 0 Å². The predicted molar refractivity (Wildman–Crippen MR) is 123 cm³/mol. The van der Waals surface area contributed by atoms with E-state index in [-0.39, 0.29) is 5.41 Å². The Balaban J connectivity index is 1.62. The van der Waals surface area contributed by atoms with Gasteiger partial charge in [-0.1, -0.05) is 18.2 Å². The fourth-order valence-electron chi connectivity index (χ4n) is 5.46. The molecule has 4 rings (SSSR count). The number of rotatable bonds is 4. The van der Waals surface area contributed by atoms with Crippen LogP contribution in [0.4, 0.5) is 0 Å². The third kappa shape index (κ3) is 3.66. The lowest BCUT2D eigenvalue weighted by atomic mass is 9.59. The Kier molecular flexibility index (Phi) is 4.74. The van der Waals surface area contributed by atoms with Crippen molar-refractivity contribution in [1.29, 1.82) is 0 Å². The smallest absolute Gasteiger partial charge is 0.242 e. The Labute approximate surface area is 173 Å². The van der Waals surface area contributed by atoms with Gasteiger partial charge in [0, 0.05) is 11.3 Å². The molecule has 0 bridgehead atoms. The zero-order valence-corrected chi connectivity index (χ0v) is 20.6. The minimum atomic E-state index is -1.59. The van der Waals surface area contributed by atoms with Gasteiger partial charge in [-0.15, -0.1) is 0 Å². The van der Waals surface area contributed by atoms with Crippen molar-refractivity contribution in [2.75, 3.05) is 0 Å². The first-order valence-corrected chi connectivity index (χ1v) is 17.7. The van der Waals surface area contributed by atoms with Crippen molar-refractivity contribution in [3.8, 4) is 5.75 Å². The fourth-order valence-corrected chi connectivity index (χ4v) is 7.26. The lowest BCUT2D eigenvalue weighted by molar-refractivity contribution is 0.141. The topological polar surface area (TPSA) is 18.5 Å². The lowest BCUT2D eigenvalue weighted by Gasteiger charge is -2.47. The second-order valence-corrected chi connectivity index (χ2v) is 19.9. The number of hydrogen-bond donors (Lipinski definition) is 0. The van der Waals surface area contributed by atoms with Crippen molar-refractivity contribution >= 4 is 16.6 Å². The molecular formula is C24H36O2Si2. The quantitative estimate of drug-likeness (QED) is 0.396. The van der Waals surface area contributed by atoms with Crippen molar-refractivity contribution in [3.05, 3.63) is 53.3 Å². The Morgan fingerprint density at radius 3 is 2.39 bits per heavy atom. The molecule has 0 heterocycles. The SMILES string of the molecule is C[C@]12C=CC3c4ccc(O[Si](C)(C)C)cc4CCC3C1CC=C2O[Si](C)(C)C. The van der Waals surface area contributed by atoms with Crippen molar-refractivity contribution < 1.29 is 8.85 Å². The van der Waals surface area contributed by atoms with E-state index >= 15 is 0 Å². The van der Waals surface area contributed by atoms with E-state index in [0.717, 1.165) is 12.2 Å². The molecule has 0 aromatic heterocycles. The summed E-state index contributed by atoms with van der Waals surface area (Å²) in [6.07, 6.45) is 11.0. The maximum Gasteiger partial charge on any atom is 0.242 e. The summed E-state index contributed by atoms with van der Waals surface area (Å²) in [5, 5.41) is 0. The summed E-state index contributed by atoms with van der Waals surface area (Å²) in [7, 11) is -3.15. The second-order valence-electron chi connectivity index (χ2n) is 11.1. The van der Waals surface area contributed by atoms with Gasteiger partial charge >= 0.3 is 0 Å². The van der Waals surface area contributed by atoms with Crippen molar-refractivity contribution in [2.45, 2.75) is 71.4 Å². The largest absolute Gasteiger partial charge is 0.547 e. The molecule has 0 N–H and O–H groups in total. The zero-order valence-electron chi connectivity index (χ0n) is 18.6. The van der Waals surface area contributed by atoms with Crippen LogP contribution >= 0.6 is 0 Å². The van der Waals surface area contributed by atoms with Crippen LogP contribution in [0.2, 0.25) is 39.3 Å². The van der Waals surface area contributed by atoms with Gasteiger partial charge in [0.05, 0.1) is 5.76 Å². The summed E-state index contributed by atoms with van der Waals surface area (Å²) >= 11 is 0. The number of hydrogen-bond acceptors (Lipinski definition) is 2. The highest BCUT2D eigenvalue weighted by atomic mass is 28.4. The second kappa shape index (κ2) is 6.63. The summed E-state index contributed by atoms with van der Waals surface area (Å²) in [6.45, 7) is 16.0. The molecule has 0 saturated carbocycles. The van der Waals surface area contributed by atoms with E-state index in [4.69, 9.17) is 8.85 Å². The number of allylic oxidation sites excluding steroid dienone is 3. The summed E-state index contributed by atoms with van der Waals surface area (Å²) in [5.74, 6) is 4.23. The summed E-state index contributed by atoms with van der Waals surface area (Å²) < 4.78 is 12.8. The van der Waals surface area contributed by atoms with Crippen molar-refractivity contribution in [2.24, 2.45) is 17.3 Å². The molecule has 152 valence electrons. The van der Waals surface area contributed by atoms with Crippen LogP contribution < -0.4 is 4.43 Å². The molecule has 1 aromatic rings. The molecule has 0 radical (unpaired) electrons. The van der Waals surface area contributed by atoms with E-state index in [1.54, 1.807) is 0 Å². The van der Waals surface area contributed by atoms with Crippen LogP contribution in [-0.2, 0) is 10.8 Å². The molecule has 28 heavy (non-hydrogen) atoms. The molecule has 0 saturated heterocycles. The van der Waals surface area contributed by atoms with Gasteiger partial charge in [-0.25, -0.2) is 0 Å². The maximum atomic E-state index is 6.52. The summed E-state index contributed by atoms with van der Waals surface area (Å²) in [4.78, 5) is 0. The Bertz CT molecular complexity index is 828. The van der Waals surface area contributed by atoms with Crippen LogP contribution in [0.25, 0.3) is 0 Å². The van der Waals surface area contributed by atoms with Crippen LogP contribution in [0.1, 0.15) is 36.8 Å². The molecule has 4 heteroatoms. The van der Waals surface area contributed by atoms with Gasteiger partial charge in [0.25, 0.3) is 0 Å². The Hall–Kier alpha value is -1.27. The van der Waals surface area contributed by atoms with Crippen molar-refractivity contribution in [3.63, 3.8) is 0 Å². The minimum Gasteiger partial charge on any atom is -0.547 e. The van der Waals surface area contributed by atoms with E-state index in [1.807, 2.05) is 0 Å². The molecular weight excluding hydrogens is 376 g/mol. The molecule has 1 aromatic carbocycles. The average Bonchev–Trinajstić information content (AvgIpc) is 2.88. The van der Waals surface area contributed by atoms with Gasteiger partial charge in [-0.3, -0.25) is 0 Å². The number of benzene rings is 1. The monoisotopic (exact) mass is 412 g/mol. The molecule has 0 fully saturated rings. The fraction of sp³-hybridized carbons (Fsp3) is 0.583. The normalized spacial score (nSPS) is 31.5. The van der Waals surface area contributed by atoms with E-state index in [1.165, 1.54) is 29.7 Å². The maximum absolute atomic E-state index is 6.52. The highest BCUT2D eigenvalue weighted by Crippen LogP contribution is 2.58. The van der Waals surface area contributed by atoms with Gasteiger partial charge in [0.1, 0.15) is 5.75 Å². The third-order valence-corrected chi connectivity index (χ3v) is 8.23. The van der Waals surface area contributed by atoms with Crippen LogP contribution in [0.15, 0.2) is 42.2 Å². The first-order valence-electron chi connectivity index (χ1n) is 10.9. The van der Waals surface area contributed by atoms with E-state index < -0.39 is 16.6 Å². The molecule has 0 amide bonds. The third-order valence-electron chi connectivity index (χ3n) is 6.55. The van der Waals surface area contributed by atoms with Crippen LogP contribution in [0, 0.1) is 17.3 Å². The molecule has 3 unspecified atom stereocenters. The molecule has 0 spiro atoms. The summed E-state index contributed by atoms with van der Waals surface area (Å²) in [6, 6.07) is 6.86. The molecule has 2 nitrogen and oxygen atoms in total. The average molecular weight is 413 g/mol. The zero-order chi connectivity index (χ0) is 20.3. The first-order chi connectivity index (χ1) is 13.0. The molecule has 4 atom stereocenters. The van der Waals surface area contributed by atoms with E-state index in [9.17, 15) is 0 Å². The molecule has 3 aliphatic rings. The minimum absolute atomic E-state index is 0.0832. The number of fused-ring (bicyclic) bond motifs is 5. The first kappa shape index (κ1) is 20.0. The Morgan fingerprint density at radius 2 is 1.71 bits per heavy atom. The highest BCUT2D eigenvalue weighted by Gasteiger charge is 2.50.